The summed E-state index contributed by atoms with van der Waals surface area (Å²) in [6.45, 7) is 5.62. The molecular formula is C17H16N2O3S. The smallest absolute Gasteiger partial charge is 0.338 e. The van der Waals surface area contributed by atoms with E-state index in [0.29, 0.717) is 16.2 Å². The normalized spacial score (nSPS) is 10.9. The maximum Gasteiger partial charge on any atom is 0.338 e. The predicted molar refractivity (Wildman–Crippen MR) is 89.1 cm³/mol. The highest BCUT2D eigenvalue weighted by atomic mass is 32.1. The summed E-state index contributed by atoms with van der Waals surface area (Å²) in [4.78, 5) is 29.3. The van der Waals surface area contributed by atoms with Crippen molar-refractivity contribution in [2.24, 2.45) is 0 Å². The van der Waals surface area contributed by atoms with Crippen LogP contribution in [0.15, 0.2) is 34.4 Å². The molecule has 1 aromatic carbocycles. The molecule has 0 unspecified atom stereocenters. The molecule has 3 aromatic rings. The van der Waals surface area contributed by atoms with Crippen LogP contribution in [0.1, 0.15) is 32.9 Å². The number of rotatable bonds is 3. The van der Waals surface area contributed by atoms with Crippen molar-refractivity contribution < 1.29 is 9.53 Å². The van der Waals surface area contributed by atoms with Gasteiger partial charge in [-0.1, -0.05) is 17.7 Å². The van der Waals surface area contributed by atoms with Crippen LogP contribution < -0.4 is 5.56 Å². The van der Waals surface area contributed by atoms with E-state index in [4.69, 9.17) is 4.74 Å². The number of aromatic nitrogens is 2. The minimum Gasteiger partial charge on any atom is -0.456 e. The van der Waals surface area contributed by atoms with Gasteiger partial charge < -0.3 is 4.74 Å². The van der Waals surface area contributed by atoms with Gasteiger partial charge in [0.05, 0.1) is 11.3 Å². The number of ether oxygens (including phenoxy) is 1. The summed E-state index contributed by atoms with van der Waals surface area (Å²) in [5.41, 5.74) is 3.53. The van der Waals surface area contributed by atoms with Crippen LogP contribution in [0.3, 0.4) is 0 Å². The number of esters is 1. The van der Waals surface area contributed by atoms with Crippen LogP contribution >= 0.6 is 11.3 Å². The number of benzene rings is 1. The zero-order valence-corrected chi connectivity index (χ0v) is 13.9. The van der Waals surface area contributed by atoms with E-state index in [1.807, 2.05) is 38.3 Å². The molecule has 0 bridgehead atoms. The van der Waals surface area contributed by atoms with E-state index < -0.39 is 5.97 Å². The maximum absolute atomic E-state index is 12.2. The van der Waals surface area contributed by atoms with E-state index in [1.54, 1.807) is 10.5 Å². The molecule has 0 saturated heterocycles. The van der Waals surface area contributed by atoms with Gasteiger partial charge in [0.15, 0.2) is 4.96 Å². The van der Waals surface area contributed by atoms with E-state index in [9.17, 15) is 9.59 Å². The number of carbonyl (C=O) groups is 1. The fourth-order valence-corrected chi connectivity index (χ4v) is 3.24. The third kappa shape index (κ3) is 3.03. The van der Waals surface area contributed by atoms with Crippen LogP contribution in [0, 0.1) is 20.8 Å². The summed E-state index contributed by atoms with van der Waals surface area (Å²) in [5.74, 6) is -0.407. The van der Waals surface area contributed by atoms with Gasteiger partial charge in [0, 0.05) is 17.1 Å². The van der Waals surface area contributed by atoms with Crippen molar-refractivity contribution in [2.45, 2.75) is 27.4 Å². The first-order valence-electron chi connectivity index (χ1n) is 7.17. The van der Waals surface area contributed by atoms with Crippen LogP contribution in [-0.2, 0) is 11.3 Å². The minimum absolute atomic E-state index is 0.0189. The van der Waals surface area contributed by atoms with E-state index in [0.717, 1.165) is 16.8 Å². The van der Waals surface area contributed by atoms with Crippen molar-refractivity contribution in [2.75, 3.05) is 0 Å². The molecule has 5 nitrogen and oxygen atoms in total. The Morgan fingerprint density at radius 2 is 2.04 bits per heavy atom. The second kappa shape index (κ2) is 5.96. The molecule has 0 atom stereocenters. The van der Waals surface area contributed by atoms with Gasteiger partial charge in [-0.3, -0.25) is 9.20 Å². The zero-order valence-electron chi connectivity index (χ0n) is 13.1. The lowest BCUT2D eigenvalue weighted by molar-refractivity contribution is 0.0467. The Balaban J connectivity index is 1.82. The summed E-state index contributed by atoms with van der Waals surface area (Å²) in [6.07, 6.45) is 0. The quantitative estimate of drug-likeness (QED) is 0.693. The third-order valence-corrected chi connectivity index (χ3v) is 4.54. The summed E-state index contributed by atoms with van der Waals surface area (Å²) in [7, 11) is 0. The average Bonchev–Trinajstić information content (AvgIpc) is 2.89. The number of nitrogens with zero attached hydrogens (tertiary/aromatic N) is 2. The standard InChI is InChI=1S/C17H16N2O3S/c1-10-4-5-11(2)14(6-10)16(21)22-8-13-7-15(20)19-12(3)9-23-17(19)18-13/h4-7,9H,8H2,1-3H3. The fraction of sp³-hybridized carbons (Fsp3) is 0.235. The van der Waals surface area contributed by atoms with Gasteiger partial charge in [0.1, 0.15) is 6.61 Å². The SMILES string of the molecule is Cc1ccc(C)c(C(=O)OCc2cc(=O)n3c(C)csc3n2)c1. The second-order valence-electron chi connectivity index (χ2n) is 5.48. The average molecular weight is 328 g/mol. The largest absolute Gasteiger partial charge is 0.456 e. The van der Waals surface area contributed by atoms with Gasteiger partial charge >= 0.3 is 5.97 Å². The molecule has 2 aromatic heterocycles. The van der Waals surface area contributed by atoms with Crippen molar-refractivity contribution in [3.8, 4) is 0 Å². The number of aryl methyl sites for hydroxylation is 3. The van der Waals surface area contributed by atoms with Crippen molar-refractivity contribution >= 4 is 22.3 Å². The lowest BCUT2D eigenvalue weighted by Crippen LogP contribution is -2.16. The molecule has 0 radical (unpaired) electrons. The third-order valence-electron chi connectivity index (χ3n) is 3.59. The first-order chi connectivity index (χ1) is 11.0. The molecule has 23 heavy (non-hydrogen) atoms. The van der Waals surface area contributed by atoms with Crippen molar-refractivity contribution in [1.82, 2.24) is 9.38 Å². The van der Waals surface area contributed by atoms with Crippen LogP contribution in [0.2, 0.25) is 0 Å². The summed E-state index contributed by atoms with van der Waals surface area (Å²) >= 11 is 1.39. The topological polar surface area (TPSA) is 60.7 Å². The van der Waals surface area contributed by atoms with Gasteiger partial charge in [-0.15, -0.1) is 11.3 Å². The highest BCUT2D eigenvalue weighted by Crippen LogP contribution is 2.14. The van der Waals surface area contributed by atoms with Gasteiger partial charge in [-0.2, -0.15) is 0 Å². The van der Waals surface area contributed by atoms with Crippen molar-refractivity contribution in [3.05, 3.63) is 68.1 Å². The van der Waals surface area contributed by atoms with Gasteiger partial charge in [0.2, 0.25) is 0 Å². The molecule has 0 saturated carbocycles. The van der Waals surface area contributed by atoms with Gasteiger partial charge in [0.25, 0.3) is 5.56 Å². The maximum atomic E-state index is 12.2. The lowest BCUT2D eigenvalue weighted by atomic mass is 10.1. The highest BCUT2D eigenvalue weighted by Gasteiger charge is 2.12. The first kappa shape index (κ1) is 15.4. The Kier molecular flexibility index (Phi) is 4.00. The predicted octanol–water partition coefficient (Wildman–Crippen LogP) is 3.04. The number of fused-ring (bicyclic) bond motifs is 1. The second-order valence-corrected chi connectivity index (χ2v) is 6.31. The van der Waals surface area contributed by atoms with Crippen LogP contribution in [-0.4, -0.2) is 15.4 Å². The molecule has 0 aliphatic rings. The lowest BCUT2D eigenvalue weighted by Gasteiger charge is -2.08. The van der Waals surface area contributed by atoms with Crippen molar-refractivity contribution in [1.29, 1.82) is 0 Å². The summed E-state index contributed by atoms with van der Waals surface area (Å²) in [5, 5.41) is 1.87. The van der Waals surface area contributed by atoms with Gasteiger partial charge in [-0.25, -0.2) is 9.78 Å². The van der Waals surface area contributed by atoms with Crippen LogP contribution in [0.5, 0.6) is 0 Å². The molecule has 118 valence electrons. The van der Waals surface area contributed by atoms with E-state index in [2.05, 4.69) is 4.98 Å². The molecule has 0 fully saturated rings. The molecule has 0 spiro atoms. The van der Waals surface area contributed by atoms with Crippen molar-refractivity contribution in [3.63, 3.8) is 0 Å². The number of carbonyl (C=O) groups excluding carboxylic acids is 1. The Morgan fingerprint density at radius 1 is 1.26 bits per heavy atom. The summed E-state index contributed by atoms with van der Waals surface area (Å²) < 4.78 is 6.86. The molecule has 0 N–H and O–H groups in total. The van der Waals surface area contributed by atoms with E-state index in [1.165, 1.54) is 17.4 Å². The first-order valence-corrected chi connectivity index (χ1v) is 8.05. The fourth-order valence-electron chi connectivity index (χ4n) is 2.35. The molecule has 3 rings (SSSR count). The Bertz CT molecular complexity index is 956. The highest BCUT2D eigenvalue weighted by molar-refractivity contribution is 7.15. The van der Waals surface area contributed by atoms with E-state index >= 15 is 0 Å². The Hall–Kier alpha value is -2.47. The van der Waals surface area contributed by atoms with E-state index in [-0.39, 0.29) is 12.2 Å². The van der Waals surface area contributed by atoms with Crippen LogP contribution in [0.25, 0.3) is 4.96 Å². The zero-order chi connectivity index (χ0) is 16.6. The number of hydrogen-bond acceptors (Lipinski definition) is 5. The molecule has 6 heteroatoms. The molecular weight excluding hydrogens is 312 g/mol. The molecule has 2 heterocycles. The summed E-state index contributed by atoms with van der Waals surface area (Å²) in [6, 6.07) is 7.04. The Labute approximate surface area is 137 Å². The molecule has 0 aliphatic heterocycles. The minimum atomic E-state index is -0.407. The monoisotopic (exact) mass is 328 g/mol. The van der Waals surface area contributed by atoms with Gasteiger partial charge in [-0.05, 0) is 32.4 Å². The molecule has 0 amide bonds. The number of hydrogen-bond donors (Lipinski definition) is 0. The van der Waals surface area contributed by atoms with Crippen LogP contribution in [0.4, 0.5) is 0 Å². The number of thiazole rings is 1. The molecule has 0 aliphatic carbocycles. The Morgan fingerprint density at radius 3 is 2.83 bits per heavy atom.